The Morgan fingerprint density at radius 2 is 2.24 bits per heavy atom. The molecule has 0 bridgehead atoms. The van der Waals surface area contributed by atoms with Gasteiger partial charge in [-0.3, -0.25) is 4.79 Å². The van der Waals surface area contributed by atoms with Crippen molar-refractivity contribution in [3.05, 3.63) is 41.6 Å². The van der Waals surface area contributed by atoms with Gasteiger partial charge in [-0.1, -0.05) is 12.1 Å². The summed E-state index contributed by atoms with van der Waals surface area (Å²) >= 11 is 0. The molecule has 17 heavy (non-hydrogen) atoms. The van der Waals surface area contributed by atoms with E-state index in [0.717, 1.165) is 24.4 Å². The molecule has 1 aliphatic carbocycles. The summed E-state index contributed by atoms with van der Waals surface area (Å²) in [6.45, 7) is 3.38. The molecule has 0 saturated heterocycles. The molecule has 2 rings (SSSR count). The molecule has 1 aliphatic rings. The number of aryl methyl sites for hydroxylation is 1. The number of hydrogen-bond acceptors (Lipinski definition) is 3. The van der Waals surface area contributed by atoms with Crippen LogP contribution in [0.25, 0.3) is 0 Å². The SMILES string of the molecule is Cc1cccc(OCCNC2=CC(=O)CC2)c1. The number of nitrogens with one attached hydrogen (secondary N) is 1. The van der Waals surface area contributed by atoms with Crippen molar-refractivity contribution in [1.29, 1.82) is 0 Å². The zero-order chi connectivity index (χ0) is 12.1. The molecule has 0 radical (unpaired) electrons. The van der Waals surface area contributed by atoms with Crippen LogP contribution in [-0.2, 0) is 4.79 Å². The van der Waals surface area contributed by atoms with Crippen molar-refractivity contribution >= 4 is 5.78 Å². The van der Waals surface area contributed by atoms with E-state index in [1.807, 2.05) is 31.2 Å². The Hall–Kier alpha value is -1.77. The zero-order valence-corrected chi connectivity index (χ0v) is 10.0. The van der Waals surface area contributed by atoms with E-state index in [4.69, 9.17) is 4.74 Å². The Kier molecular flexibility index (Phi) is 3.81. The van der Waals surface area contributed by atoms with E-state index in [1.54, 1.807) is 6.08 Å². The van der Waals surface area contributed by atoms with Crippen LogP contribution >= 0.6 is 0 Å². The first-order valence-corrected chi connectivity index (χ1v) is 5.91. The van der Waals surface area contributed by atoms with Crippen LogP contribution in [0.2, 0.25) is 0 Å². The van der Waals surface area contributed by atoms with Gasteiger partial charge in [-0.05, 0) is 31.0 Å². The lowest BCUT2D eigenvalue weighted by molar-refractivity contribution is -0.114. The van der Waals surface area contributed by atoms with E-state index in [0.29, 0.717) is 13.0 Å². The molecule has 0 saturated carbocycles. The third-order valence-electron chi connectivity index (χ3n) is 2.69. The standard InChI is InChI=1S/C14H17NO2/c1-11-3-2-4-14(9-11)17-8-7-15-12-5-6-13(16)10-12/h2-4,9-10,15H,5-8H2,1H3. The fourth-order valence-corrected chi connectivity index (χ4v) is 1.82. The van der Waals surface area contributed by atoms with Crippen LogP contribution in [-0.4, -0.2) is 18.9 Å². The van der Waals surface area contributed by atoms with Crippen LogP contribution < -0.4 is 10.1 Å². The first kappa shape index (κ1) is 11.7. The molecule has 0 aromatic heterocycles. The molecule has 1 aromatic rings. The highest BCUT2D eigenvalue weighted by atomic mass is 16.5. The van der Waals surface area contributed by atoms with Gasteiger partial charge in [-0.25, -0.2) is 0 Å². The van der Waals surface area contributed by atoms with Gasteiger partial charge in [0.05, 0.1) is 0 Å². The molecular weight excluding hydrogens is 214 g/mol. The van der Waals surface area contributed by atoms with Crippen LogP contribution in [0.1, 0.15) is 18.4 Å². The molecule has 1 aromatic carbocycles. The van der Waals surface area contributed by atoms with Gasteiger partial charge in [0.1, 0.15) is 12.4 Å². The minimum absolute atomic E-state index is 0.215. The number of benzene rings is 1. The molecule has 0 spiro atoms. The second kappa shape index (κ2) is 5.53. The maximum Gasteiger partial charge on any atom is 0.157 e. The van der Waals surface area contributed by atoms with Gasteiger partial charge < -0.3 is 10.1 Å². The monoisotopic (exact) mass is 231 g/mol. The van der Waals surface area contributed by atoms with E-state index in [9.17, 15) is 4.79 Å². The van der Waals surface area contributed by atoms with Gasteiger partial charge in [0.15, 0.2) is 5.78 Å². The van der Waals surface area contributed by atoms with Crippen molar-refractivity contribution in [3.8, 4) is 5.75 Å². The summed E-state index contributed by atoms with van der Waals surface area (Å²) in [4.78, 5) is 11.0. The smallest absolute Gasteiger partial charge is 0.157 e. The van der Waals surface area contributed by atoms with E-state index >= 15 is 0 Å². The number of hydrogen-bond donors (Lipinski definition) is 1. The van der Waals surface area contributed by atoms with E-state index in [-0.39, 0.29) is 5.78 Å². The van der Waals surface area contributed by atoms with Gasteiger partial charge in [0.25, 0.3) is 0 Å². The van der Waals surface area contributed by atoms with Crippen molar-refractivity contribution in [2.45, 2.75) is 19.8 Å². The fraction of sp³-hybridized carbons (Fsp3) is 0.357. The quantitative estimate of drug-likeness (QED) is 0.790. The van der Waals surface area contributed by atoms with Gasteiger partial charge in [-0.2, -0.15) is 0 Å². The summed E-state index contributed by atoms with van der Waals surface area (Å²) in [5.74, 6) is 1.11. The summed E-state index contributed by atoms with van der Waals surface area (Å²) in [6, 6.07) is 7.99. The first-order valence-electron chi connectivity index (χ1n) is 5.91. The molecule has 0 fully saturated rings. The minimum atomic E-state index is 0.215. The average Bonchev–Trinajstić information content (AvgIpc) is 2.71. The second-order valence-electron chi connectivity index (χ2n) is 4.23. The normalized spacial score (nSPS) is 14.6. The molecular formula is C14H17NO2. The third-order valence-corrected chi connectivity index (χ3v) is 2.69. The van der Waals surface area contributed by atoms with Gasteiger partial charge in [-0.15, -0.1) is 0 Å². The molecule has 3 nitrogen and oxygen atoms in total. The number of ether oxygens (including phenoxy) is 1. The van der Waals surface area contributed by atoms with E-state index in [2.05, 4.69) is 5.32 Å². The molecule has 3 heteroatoms. The van der Waals surface area contributed by atoms with E-state index < -0.39 is 0 Å². The Balaban J connectivity index is 1.70. The largest absolute Gasteiger partial charge is 0.492 e. The highest BCUT2D eigenvalue weighted by molar-refractivity contribution is 5.92. The Morgan fingerprint density at radius 1 is 1.35 bits per heavy atom. The zero-order valence-electron chi connectivity index (χ0n) is 10.0. The fourth-order valence-electron chi connectivity index (χ4n) is 1.82. The topological polar surface area (TPSA) is 38.3 Å². The lowest BCUT2D eigenvalue weighted by atomic mass is 10.2. The van der Waals surface area contributed by atoms with Crippen molar-refractivity contribution in [1.82, 2.24) is 5.32 Å². The molecule has 0 heterocycles. The predicted molar refractivity (Wildman–Crippen MR) is 67.0 cm³/mol. The Morgan fingerprint density at radius 3 is 2.94 bits per heavy atom. The summed E-state index contributed by atoms with van der Waals surface area (Å²) in [6.07, 6.45) is 3.16. The van der Waals surface area contributed by atoms with Crippen LogP contribution in [0.15, 0.2) is 36.0 Å². The summed E-state index contributed by atoms with van der Waals surface area (Å²) in [5.41, 5.74) is 2.22. The molecule has 0 atom stereocenters. The summed E-state index contributed by atoms with van der Waals surface area (Å²) in [7, 11) is 0. The maximum absolute atomic E-state index is 11.0. The molecule has 90 valence electrons. The van der Waals surface area contributed by atoms with Gasteiger partial charge in [0, 0.05) is 24.7 Å². The van der Waals surface area contributed by atoms with Crippen LogP contribution in [0.4, 0.5) is 0 Å². The van der Waals surface area contributed by atoms with Crippen molar-refractivity contribution in [3.63, 3.8) is 0 Å². The second-order valence-corrected chi connectivity index (χ2v) is 4.23. The highest BCUT2D eigenvalue weighted by Gasteiger charge is 2.10. The lowest BCUT2D eigenvalue weighted by Crippen LogP contribution is -2.19. The number of carbonyl (C=O) groups excluding carboxylic acids is 1. The first-order chi connectivity index (χ1) is 8.24. The van der Waals surface area contributed by atoms with E-state index in [1.165, 1.54) is 5.56 Å². The molecule has 0 aliphatic heterocycles. The number of rotatable bonds is 5. The number of carbonyl (C=O) groups is 1. The number of allylic oxidation sites excluding steroid dienone is 2. The van der Waals surface area contributed by atoms with Crippen molar-refractivity contribution < 1.29 is 9.53 Å². The summed E-state index contributed by atoms with van der Waals surface area (Å²) in [5, 5.41) is 3.21. The average molecular weight is 231 g/mol. The van der Waals surface area contributed by atoms with Crippen molar-refractivity contribution in [2.75, 3.05) is 13.2 Å². The maximum atomic E-state index is 11.0. The molecule has 1 N–H and O–H groups in total. The van der Waals surface area contributed by atoms with Crippen LogP contribution in [0.5, 0.6) is 5.75 Å². The lowest BCUT2D eigenvalue weighted by Gasteiger charge is -2.09. The van der Waals surface area contributed by atoms with Crippen LogP contribution in [0.3, 0.4) is 0 Å². The van der Waals surface area contributed by atoms with Gasteiger partial charge >= 0.3 is 0 Å². The van der Waals surface area contributed by atoms with Crippen LogP contribution in [0, 0.1) is 6.92 Å². The highest BCUT2D eigenvalue weighted by Crippen LogP contribution is 2.13. The third kappa shape index (κ3) is 3.63. The molecule has 0 amide bonds. The molecule has 0 unspecified atom stereocenters. The predicted octanol–water partition coefficient (Wildman–Crippen LogP) is 2.21. The summed E-state index contributed by atoms with van der Waals surface area (Å²) < 4.78 is 5.60. The Bertz CT molecular complexity index is 438. The van der Waals surface area contributed by atoms with Crippen molar-refractivity contribution in [2.24, 2.45) is 0 Å². The van der Waals surface area contributed by atoms with Gasteiger partial charge in [0.2, 0.25) is 0 Å². The Labute approximate surface area is 101 Å². The number of ketones is 1. The minimum Gasteiger partial charge on any atom is -0.492 e.